The van der Waals surface area contributed by atoms with E-state index in [1.807, 2.05) is 18.3 Å². The number of nitrogens with one attached hydrogen (secondary N) is 2. The van der Waals surface area contributed by atoms with E-state index in [9.17, 15) is 4.79 Å². The first-order valence-electron chi connectivity index (χ1n) is 9.16. The van der Waals surface area contributed by atoms with E-state index in [0.717, 1.165) is 46.6 Å². The van der Waals surface area contributed by atoms with Gasteiger partial charge in [-0.05, 0) is 42.2 Å². The van der Waals surface area contributed by atoms with Crippen LogP contribution in [0.25, 0.3) is 22.5 Å². The number of carbonyl (C=O) groups is 1. The molecule has 2 N–H and O–H groups in total. The Morgan fingerprint density at radius 1 is 1.12 bits per heavy atom. The molecule has 0 fully saturated rings. The highest BCUT2D eigenvalue weighted by atomic mass is 16.1. The van der Waals surface area contributed by atoms with Crippen molar-refractivity contribution in [2.24, 2.45) is 5.92 Å². The maximum absolute atomic E-state index is 12.0. The maximum atomic E-state index is 12.0. The van der Waals surface area contributed by atoms with Crippen LogP contribution in [-0.2, 0) is 12.8 Å². The number of hydrogen-bond donors (Lipinski definition) is 2. The Morgan fingerprint density at radius 2 is 2.00 bits per heavy atom. The van der Waals surface area contributed by atoms with Gasteiger partial charge in [0.25, 0.3) is 5.91 Å². The molecule has 1 aliphatic rings. The highest BCUT2D eigenvalue weighted by molar-refractivity contribution is 5.97. The molecular formula is C22H23N3O. The first-order valence-corrected chi connectivity index (χ1v) is 9.16. The van der Waals surface area contributed by atoms with E-state index in [0.29, 0.717) is 12.5 Å². The fourth-order valence-electron chi connectivity index (χ4n) is 3.53. The van der Waals surface area contributed by atoms with Gasteiger partial charge in [-0.3, -0.25) is 9.78 Å². The smallest absolute Gasteiger partial charge is 0.253 e. The monoisotopic (exact) mass is 345 g/mol. The minimum Gasteiger partial charge on any atom is -0.358 e. The number of aromatic nitrogens is 2. The van der Waals surface area contributed by atoms with E-state index < -0.39 is 0 Å². The van der Waals surface area contributed by atoms with E-state index in [2.05, 4.69) is 59.5 Å². The molecule has 0 spiro atoms. The summed E-state index contributed by atoms with van der Waals surface area (Å²) in [4.78, 5) is 20.0. The lowest BCUT2D eigenvalue weighted by Crippen LogP contribution is -2.31. The summed E-state index contributed by atoms with van der Waals surface area (Å²) in [6.07, 6.45) is 3.74. The van der Waals surface area contributed by atoms with Gasteiger partial charge < -0.3 is 10.3 Å². The van der Waals surface area contributed by atoms with Crippen molar-refractivity contribution in [3.8, 4) is 22.5 Å². The summed E-state index contributed by atoms with van der Waals surface area (Å²) in [6.45, 7) is 5.15. The van der Waals surface area contributed by atoms with Gasteiger partial charge in [-0.25, -0.2) is 0 Å². The van der Waals surface area contributed by atoms with Crippen molar-refractivity contribution in [3.05, 3.63) is 65.5 Å². The van der Waals surface area contributed by atoms with Gasteiger partial charge in [-0.1, -0.05) is 32.0 Å². The van der Waals surface area contributed by atoms with Gasteiger partial charge in [-0.2, -0.15) is 0 Å². The number of carbonyl (C=O) groups excluding carboxylic acids is 1. The maximum Gasteiger partial charge on any atom is 0.253 e. The fourth-order valence-corrected chi connectivity index (χ4v) is 3.53. The summed E-state index contributed by atoms with van der Waals surface area (Å²) in [6, 6.07) is 14.6. The van der Waals surface area contributed by atoms with Gasteiger partial charge in [-0.15, -0.1) is 0 Å². The topological polar surface area (TPSA) is 57.8 Å². The normalized spacial score (nSPS) is 13.6. The summed E-state index contributed by atoms with van der Waals surface area (Å²) in [5.74, 6) is 0.630. The highest BCUT2D eigenvalue weighted by Crippen LogP contribution is 2.27. The number of hydrogen-bond acceptors (Lipinski definition) is 2. The Bertz CT molecular complexity index is 956. The Morgan fingerprint density at radius 3 is 2.81 bits per heavy atom. The Labute approximate surface area is 153 Å². The lowest BCUT2D eigenvalue weighted by Gasteiger charge is -2.11. The number of pyridine rings is 1. The van der Waals surface area contributed by atoms with Crippen molar-refractivity contribution in [2.45, 2.75) is 26.7 Å². The Kier molecular flexibility index (Phi) is 4.33. The molecule has 3 heterocycles. The summed E-state index contributed by atoms with van der Waals surface area (Å²) in [5.41, 5.74) is 7.19. The summed E-state index contributed by atoms with van der Waals surface area (Å²) < 4.78 is 0. The Balaban J connectivity index is 1.68. The molecule has 0 unspecified atom stereocenters. The lowest BCUT2D eigenvalue weighted by atomic mass is 9.99. The Hall–Kier alpha value is -2.88. The molecule has 3 aromatic rings. The molecule has 0 saturated heterocycles. The second-order valence-corrected chi connectivity index (χ2v) is 7.31. The quantitative estimate of drug-likeness (QED) is 0.743. The van der Waals surface area contributed by atoms with Gasteiger partial charge in [0.15, 0.2) is 0 Å². The molecule has 2 aromatic heterocycles. The number of aromatic amines is 1. The van der Waals surface area contributed by atoms with Crippen LogP contribution in [0.1, 0.15) is 35.5 Å². The van der Waals surface area contributed by atoms with Crippen LogP contribution in [0.2, 0.25) is 0 Å². The second-order valence-electron chi connectivity index (χ2n) is 7.31. The number of amides is 1. The van der Waals surface area contributed by atoms with Crippen LogP contribution in [0.5, 0.6) is 0 Å². The predicted octanol–water partition coefficient (Wildman–Crippen LogP) is 4.23. The van der Waals surface area contributed by atoms with Gasteiger partial charge in [0.1, 0.15) is 0 Å². The summed E-state index contributed by atoms with van der Waals surface area (Å²) >= 11 is 0. The lowest BCUT2D eigenvalue weighted by molar-refractivity contribution is 0.0946. The molecule has 4 rings (SSSR count). The van der Waals surface area contributed by atoms with Crippen molar-refractivity contribution in [1.82, 2.24) is 15.3 Å². The van der Waals surface area contributed by atoms with Crippen LogP contribution in [0.15, 0.2) is 48.7 Å². The van der Waals surface area contributed by atoms with Gasteiger partial charge in [0.05, 0.1) is 11.3 Å². The molecule has 0 bridgehead atoms. The van der Waals surface area contributed by atoms with E-state index in [1.54, 1.807) is 0 Å². The number of rotatable bonds is 4. The largest absolute Gasteiger partial charge is 0.358 e. The van der Waals surface area contributed by atoms with Crippen LogP contribution in [-0.4, -0.2) is 22.4 Å². The van der Waals surface area contributed by atoms with Crippen molar-refractivity contribution < 1.29 is 4.79 Å². The molecule has 1 aromatic carbocycles. The zero-order chi connectivity index (χ0) is 18.1. The molecule has 0 atom stereocenters. The average Bonchev–Trinajstić information content (AvgIpc) is 3.07. The van der Waals surface area contributed by atoms with E-state index in [-0.39, 0.29) is 5.91 Å². The fraction of sp³-hybridized carbons (Fsp3) is 0.273. The first kappa shape index (κ1) is 16.6. The summed E-state index contributed by atoms with van der Waals surface area (Å²) in [5, 5.41) is 2.89. The van der Waals surface area contributed by atoms with E-state index in [1.165, 1.54) is 5.56 Å². The third kappa shape index (κ3) is 3.27. The van der Waals surface area contributed by atoms with Gasteiger partial charge >= 0.3 is 0 Å². The number of H-pyrrole nitrogens is 1. The SMILES string of the molecule is CC(C)Cc1cccc(-c2cc(-c3cc4c([nH]3)CCNC4=O)ccn2)c1. The van der Waals surface area contributed by atoms with E-state index in [4.69, 9.17) is 0 Å². The molecule has 0 saturated carbocycles. The molecule has 4 heteroatoms. The molecule has 0 radical (unpaired) electrons. The van der Waals surface area contributed by atoms with Gasteiger partial charge in [0.2, 0.25) is 0 Å². The molecule has 1 aliphatic heterocycles. The number of fused-ring (bicyclic) bond motifs is 1. The van der Waals surface area contributed by atoms with Crippen LogP contribution in [0, 0.1) is 5.92 Å². The molecule has 0 aliphatic carbocycles. The van der Waals surface area contributed by atoms with Gasteiger partial charge in [0, 0.05) is 41.7 Å². The van der Waals surface area contributed by atoms with Crippen molar-refractivity contribution in [2.75, 3.05) is 6.54 Å². The third-order valence-corrected chi connectivity index (χ3v) is 4.74. The second kappa shape index (κ2) is 6.79. The minimum atomic E-state index is 0.00409. The minimum absolute atomic E-state index is 0.00409. The first-order chi connectivity index (χ1) is 12.6. The van der Waals surface area contributed by atoms with Crippen LogP contribution in [0.3, 0.4) is 0 Å². The molecule has 26 heavy (non-hydrogen) atoms. The van der Waals surface area contributed by atoms with Crippen LogP contribution in [0.4, 0.5) is 0 Å². The van der Waals surface area contributed by atoms with Crippen molar-refractivity contribution in [1.29, 1.82) is 0 Å². The number of nitrogens with zero attached hydrogens (tertiary/aromatic N) is 1. The molecule has 4 nitrogen and oxygen atoms in total. The number of benzene rings is 1. The van der Waals surface area contributed by atoms with Crippen LogP contribution < -0.4 is 5.32 Å². The standard InChI is InChI=1S/C22H23N3O/c1-14(2)10-15-4-3-5-16(11-15)20-12-17(6-8-23-20)21-13-18-19(25-21)7-9-24-22(18)26/h3-6,8,11-14,25H,7,9-10H2,1-2H3,(H,24,26). The zero-order valence-electron chi connectivity index (χ0n) is 15.2. The van der Waals surface area contributed by atoms with Crippen molar-refractivity contribution >= 4 is 5.91 Å². The zero-order valence-corrected chi connectivity index (χ0v) is 15.2. The third-order valence-electron chi connectivity index (χ3n) is 4.74. The predicted molar refractivity (Wildman–Crippen MR) is 104 cm³/mol. The summed E-state index contributed by atoms with van der Waals surface area (Å²) in [7, 11) is 0. The highest BCUT2D eigenvalue weighted by Gasteiger charge is 2.20. The van der Waals surface area contributed by atoms with Crippen LogP contribution >= 0.6 is 0 Å². The molecule has 1 amide bonds. The molecular weight excluding hydrogens is 322 g/mol. The van der Waals surface area contributed by atoms with E-state index >= 15 is 0 Å². The molecule has 132 valence electrons. The van der Waals surface area contributed by atoms with Crippen molar-refractivity contribution in [3.63, 3.8) is 0 Å². The average molecular weight is 345 g/mol.